The van der Waals surface area contributed by atoms with Gasteiger partial charge in [0.2, 0.25) is 0 Å². The van der Waals surface area contributed by atoms with Crippen LogP contribution in [0.4, 0.5) is 11.4 Å². The third-order valence-electron chi connectivity index (χ3n) is 4.97. The molecule has 0 aliphatic carbocycles. The molecule has 0 spiro atoms. The summed E-state index contributed by atoms with van der Waals surface area (Å²) in [6.07, 6.45) is 0. The van der Waals surface area contributed by atoms with Crippen LogP contribution in [0, 0.1) is 6.92 Å². The van der Waals surface area contributed by atoms with Crippen LogP contribution in [0.25, 0.3) is 10.8 Å². The molecule has 0 aromatic heterocycles. The summed E-state index contributed by atoms with van der Waals surface area (Å²) in [5, 5.41) is 8.38. The molecule has 0 unspecified atom stereocenters. The van der Waals surface area contributed by atoms with E-state index >= 15 is 0 Å². The molecule has 32 heavy (non-hydrogen) atoms. The number of amides is 2. The third kappa shape index (κ3) is 5.07. The number of hydrogen-bond donors (Lipinski definition) is 2. The Labute approximate surface area is 191 Å². The number of carbonyl (C=O) groups is 2. The highest BCUT2D eigenvalue weighted by molar-refractivity contribution is 6.31. The highest BCUT2D eigenvalue weighted by Crippen LogP contribution is 2.24. The molecular formula is C26H21ClN2O3. The van der Waals surface area contributed by atoms with Crippen molar-refractivity contribution in [2.24, 2.45) is 0 Å². The molecule has 0 aliphatic rings. The van der Waals surface area contributed by atoms with Crippen LogP contribution < -0.4 is 15.4 Å². The summed E-state index contributed by atoms with van der Waals surface area (Å²) in [4.78, 5) is 24.9. The van der Waals surface area contributed by atoms with E-state index in [1.54, 1.807) is 42.5 Å². The van der Waals surface area contributed by atoms with E-state index in [1.165, 1.54) is 0 Å². The predicted octanol–water partition coefficient (Wildman–Crippen LogP) is 6.07. The first-order valence-corrected chi connectivity index (χ1v) is 10.5. The van der Waals surface area contributed by atoms with Gasteiger partial charge in [-0.3, -0.25) is 9.59 Å². The standard InChI is InChI=1S/C26H21ClN2O3/c1-17-15-21(13-14-23(17)27)32-16-25(30)28-20-11-9-19(10-12-20)26(31)29-24-8-4-6-18-5-2-3-7-22(18)24/h2-15H,16H2,1H3,(H,28,30)(H,29,31). The van der Waals surface area contributed by atoms with Crippen LogP contribution in [0.1, 0.15) is 15.9 Å². The lowest BCUT2D eigenvalue weighted by Crippen LogP contribution is -2.20. The van der Waals surface area contributed by atoms with Gasteiger partial charge in [0.1, 0.15) is 5.75 Å². The van der Waals surface area contributed by atoms with Crippen molar-refractivity contribution in [3.63, 3.8) is 0 Å². The van der Waals surface area contributed by atoms with E-state index in [9.17, 15) is 9.59 Å². The minimum atomic E-state index is -0.300. The number of anilines is 2. The summed E-state index contributed by atoms with van der Waals surface area (Å²) >= 11 is 5.99. The highest BCUT2D eigenvalue weighted by atomic mass is 35.5. The number of carbonyl (C=O) groups excluding carboxylic acids is 2. The van der Waals surface area contributed by atoms with Crippen LogP contribution in [0.2, 0.25) is 5.02 Å². The van der Waals surface area contributed by atoms with Crippen molar-refractivity contribution in [1.82, 2.24) is 0 Å². The van der Waals surface area contributed by atoms with E-state index < -0.39 is 0 Å². The van der Waals surface area contributed by atoms with Crippen molar-refractivity contribution >= 4 is 45.6 Å². The van der Waals surface area contributed by atoms with E-state index in [2.05, 4.69) is 10.6 Å². The number of hydrogen-bond acceptors (Lipinski definition) is 3. The van der Waals surface area contributed by atoms with Gasteiger partial charge in [-0.2, -0.15) is 0 Å². The van der Waals surface area contributed by atoms with Crippen LogP contribution >= 0.6 is 11.6 Å². The number of ether oxygens (including phenoxy) is 1. The van der Waals surface area contributed by atoms with Gasteiger partial charge >= 0.3 is 0 Å². The Kier molecular flexibility index (Phi) is 6.38. The van der Waals surface area contributed by atoms with Crippen molar-refractivity contribution in [1.29, 1.82) is 0 Å². The molecule has 0 aliphatic heterocycles. The number of rotatable bonds is 6. The number of fused-ring (bicyclic) bond motifs is 1. The van der Waals surface area contributed by atoms with E-state index in [0.717, 1.165) is 22.0 Å². The molecule has 2 N–H and O–H groups in total. The molecule has 5 nitrogen and oxygen atoms in total. The van der Waals surface area contributed by atoms with Crippen molar-refractivity contribution in [3.8, 4) is 5.75 Å². The van der Waals surface area contributed by atoms with Gasteiger partial charge in [0.05, 0.1) is 0 Å². The molecule has 0 atom stereocenters. The van der Waals surface area contributed by atoms with E-state index in [0.29, 0.717) is 22.0 Å². The molecule has 0 radical (unpaired) electrons. The first-order valence-electron chi connectivity index (χ1n) is 10.1. The average Bonchev–Trinajstić information content (AvgIpc) is 2.80. The summed E-state index contributed by atoms with van der Waals surface area (Å²) in [5.41, 5.74) is 2.69. The SMILES string of the molecule is Cc1cc(OCC(=O)Nc2ccc(C(=O)Nc3cccc4ccccc34)cc2)ccc1Cl. The zero-order valence-electron chi connectivity index (χ0n) is 17.4. The van der Waals surface area contributed by atoms with Crippen molar-refractivity contribution in [3.05, 3.63) is 101 Å². The molecule has 0 saturated carbocycles. The maximum atomic E-state index is 12.7. The molecule has 0 bridgehead atoms. The lowest BCUT2D eigenvalue weighted by molar-refractivity contribution is -0.118. The van der Waals surface area contributed by atoms with Gasteiger partial charge in [0.15, 0.2) is 6.61 Å². The van der Waals surface area contributed by atoms with Gasteiger partial charge in [0, 0.05) is 27.3 Å². The quantitative estimate of drug-likeness (QED) is 0.379. The summed E-state index contributed by atoms with van der Waals surface area (Å²) in [5.74, 6) is 0.0498. The molecule has 0 fully saturated rings. The molecule has 4 aromatic carbocycles. The molecule has 4 aromatic rings. The summed E-state index contributed by atoms with van der Waals surface area (Å²) in [7, 11) is 0. The van der Waals surface area contributed by atoms with Crippen molar-refractivity contribution in [2.75, 3.05) is 17.2 Å². The second-order valence-electron chi connectivity index (χ2n) is 7.31. The van der Waals surface area contributed by atoms with E-state index in [-0.39, 0.29) is 18.4 Å². The number of nitrogens with one attached hydrogen (secondary N) is 2. The second-order valence-corrected chi connectivity index (χ2v) is 7.71. The topological polar surface area (TPSA) is 67.4 Å². The number of halogens is 1. The molecule has 6 heteroatoms. The number of benzene rings is 4. The Hall–Kier alpha value is -3.83. The van der Waals surface area contributed by atoms with Gasteiger partial charge in [0.25, 0.3) is 11.8 Å². The summed E-state index contributed by atoms with van der Waals surface area (Å²) in [6.45, 7) is 1.73. The Bertz CT molecular complexity index is 1280. The third-order valence-corrected chi connectivity index (χ3v) is 5.39. The molecule has 0 saturated heterocycles. The maximum Gasteiger partial charge on any atom is 0.262 e. The zero-order chi connectivity index (χ0) is 22.5. The fourth-order valence-corrected chi connectivity index (χ4v) is 3.40. The zero-order valence-corrected chi connectivity index (χ0v) is 18.1. The lowest BCUT2D eigenvalue weighted by atomic mass is 10.1. The largest absolute Gasteiger partial charge is 0.484 e. The van der Waals surface area contributed by atoms with Crippen LogP contribution in [-0.2, 0) is 4.79 Å². The van der Waals surface area contributed by atoms with Gasteiger partial charge in [-0.05, 0) is 66.4 Å². The first kappa shape index (κ1) is 21.4. The Morgan fingerprint density at radius 2 is 1.62 bits per heavy atom. The number of aryl methyl sites for hydroxylation is 1. The molecule has 0 heterocycles. The molecule has 160 valence electrons. The fourth-order valence-electron chi connectivity index (χ4n) is 3.29. The summed E-state index contributed by atoms with van der Waals surface area (Å²) < 4.78 is 5.50. The van der Waals surface area contributed by atoms with E-state index in [4.69, 9.17) is 16.3 Å². The normalized spacial score (nSPS) is 10.6. The van der Waals surface area contributed by atoms with Gasteiger partial charge < -0.3 is 15.4 Å². The fraction of sp³-hybridized carbons (Fsp3) is 0.0769. The Morgan fingerprint density at radius 1 is 0.875 bits per heavy atom. The predicted molar refractivity (Wildman–Crippen MR) is 129 cm³/mol. The van der Waals surface area contributed by atoms with Crippen LogP contribution in [0.15, 0.2) is 84.9 Å². The van der Waals surface area contributed by atoms with Gasteiger partial charge in [-0.15, -0.1) is 0 Å². The minimum absolute atomic E-state index is 0.135. The maximum absolute atomic E-state index is 12.7. The van der Waals surface area contributed by atoms with Crippen molar-refractivity contribution in [2.45, 2.75) is 6.92 Å². The summed E-state index contributed by atoms with van der Waals surface area (Å²) in [6, 6.07) is 25.6. The lowest BCUT2D eigenvalue weighted by Gasteiger charge is -2.10. The van der Waals surface area contributed by atoms with Crippen LogP contribution in [0.5, 0.6) is 5.75 Å². The Balaban J connectivity index is 1.35. The average molecular weight is 445 g/mol. The monoisotopic (exact) mass is 444 g/mol. The molecule has 4 rings (SSSR count). The van der Waals surface area contributed by atoms with Crippen LogP contribution in [-0.4, -0.2) is 18.4 Å². The highest BCUT2D eigenvalue weighted by Gasteiger charge is 2.10. The second kappa shape index (κ2) is 9.54. The smallest absolute Gasteiger partial charge is 0.262 e. The van der Waals surface area contributed by atoms with Crippen molar-refractivity contribution < 1.29 is 14.3 Å². The molecular weight excluding hydrogens is 424 g/mol. The van der Waals surface area contributed by atoms with Crippen LogP contribution in [0.3, 0.4) is 0 Å². The minimum Gasteiger partial charge on any atom is -0.484 e. The van der Waals surface area contributed by atoms with E-state index in [1.807, 2.05) is 49.4 Å². The first-order chi connectivity index (χ1) is 15.5. The van der Waals surface area contributed by atoms with Gasteiger partial charge in [-0.1, -0.05) is 48.0 Å². The molecule has 2 amide bonds. The Morgan fingerprint density at radius 3 is 2.41 bits per heavy atom. The van der Waals surface area contributed by atoms with Gasteiger partial charge in [-0.25, -0.2) is 0 Å².